The van der Waals surface area contributed by atoms with E-state index in [1.807, 2.05) is 13.1 Å². The van der Waals surface area contributed by atoms with E-state index >= 15 is 0 Å². The van der Waals surface area contributed by atoms with Crippen LogP contribution in [0.25, 0.3) is 0 Å². The number of alkyl halides is 1. The Labute approximate surface area is 50.8 Å². The highest BCUT2D eigenvalue weighted by atomic mass is 35.5. The summed E-state index contributed by atoms with van der Waals surface area (Å²) in [5.41, 5.74) is 0.622. The Kier molecular flexibility index (Phi) is 2.72. The van der Waals surface area contributed by atoms with Crippen molar-refractivity contribution in [3.63, 3.8) is 0 Å². The fourth-order valence-electron chi connectivity index (χ4n) is 0.0386. The molecule has 0 aromatic carbocycles. The van der Waals surface area contributed by atoms with E-state index in [2.05, 4.69) is 7.11 Å². The zero-order valence-electron chi connectivity index (χ0n) is 4.70. The average Bonchev–Trinajstić information content (AvgIpc) is 1.68. The van der Waals surface area contributed by atoms with Crippen LogP contribution in [0.4, 0.5) is 0 Å². The van der Waals surface area contributed by atoms with E-state index in [1.54, 1.807) is 0 Å². The van der Waals surface area contributed by atoms with Gasteiger partial charge in [-0.15, -0.1) is 11.6 Å². The van der Waals surface area contributed by atoms with Crippen molar-refractivity contribution in [2.75, 3.05) is 5.50 Å². The summed E-state index contributed by atoms with van der Waals surface area (Å²) in [5.74, 6) is 0. The first kappa shape index (κ1) is 7.34. The Morgan fingerprint density at radius 2 is 2.14 bits per heavy atom. The Balaban J connectivity index is 3.36. The molecule has 1 nitrogen and oxygen atoms in total. The topological polar surface area (TPSA) is 9.23 Å². The maximum Gasteiger partial charge on any atom is 0.270 e. The summed E-state index contributed by atoms with van der Waals surface area (Å²) in [7, 11) is 1.81. The van der Waals surface area contributed by atoms with Gasteiger partial charge in [-0.1, -0.05) is 0 Å². The molecule has 0 N–H and O–H groups in total. The van der Waals surface area contributed by atoms with Gasteiger partial charge in [0.05, 0.1) is 0 Å². The van der Waals surface area contributed by atoms with Gasteiger partial charge in [0.15, 0.2) is 7.11 Å². The standard InChI is InChI=1S/C4H10ClOSi/c1-6-7(2,3)4-5/h1,4H2,2-3H3/q+1. The molecule has 0 spiro atoms. The molecule has 0 aromatic heterocycles. The first-order valence-corrected chi connectivity index (χ1v) is 5.76. The molecule has 0 unspecified atom stereocenters. The highest BCUT2D eigenvalue weighted by molar-refractivity contribution is 6.77. The van der Waals surface area contributed by atoms with E-state index in [0.29, 0.717) is 5.50 Å². The smallest absolute Gasteiger partial charge is 0.248 e. The molecule has 0 aliphatic rings. The molecule has 0 saturated heterocycles. The van der Waals surface area contributed by atoms with Crippen LogP contribution in [0.1, 0.15) is 0 Å². The molecular weight excluding hydrogens is 128 g/mol. The summed E-state index contributed by atoms with van der Waals surface area (Å²) in [6.45, 7) is 4.04. The SMILES string of the molecule is [CH2+]O[Si](C)(C)CCl. The first-order valence-electron chi connectivity index (χ1n) is 2.11. The van der Waals surface area contributed by atoms with Crippen LogP contribution in [0.15, 0.2) is 0 Å². The Morgan fingerprint density at radius 1 is 1.71 bits per heavy atom. The number of hydrogen-bond acceptors (Lipinski definition) is 1. The van der Waals surface area contributed by atoms with Gasteiger partial charge in [0, 0.05) is 5.50 Å². The molecule has 0 aromatic rings. The zero-order valence-corrected chi connectivity index (χ0v) is 6.46. The summed E-state index contributed by atoms with van der Waals surface area (Å²) in [5, 5.41) is 0. The van der Waals surface area contributed by atoms with Crippen LogP contribution in [-0.2, 0) is 4.43 Å². The van der Waals surface area contributed by atoms with Crippen molar-refractivity contribution in [1.29, 1.82) is 0 Å². The van der Waals surface area contributed by atoms with E-state index in [4.69, 9.17) is 16.0 Å². The van der Waals surface area contributed by atoms with Crippen molar-refractivity contribution in [1.82, 2.24) is 0 Å². The quantitative estimate of drug-likeness (QED) is 0.320. The lowest BCUT2D eigenvalue weighted by atomic mass is 11.8. The molecule has 0 rings (SSSR count). The average molecular weight is 138 g/mol. The molecule has 3 heteroatoms. The van der Waals surface area contributed by atoms with Crippen LogP contribution in [0, 0.1) is 7.11 Å². The molecule has 0 aliphatic heterocycles. The van der Waals surface area contributed by atoms with Gasteiger partial charge in [-0.2, -0.15) is 0 Å². The summed E-state index contributed by atoms with van der Waals surface area (Å²) >= 11 is 5.49. The second kappa shape index (κ2) is 2.60. The molecular formula is C4H10ClOSi+. The summed E-state index contributed by atoms with van der Waals surface area (Å²) in [4.78, 5) is 0. The van der Waals surface area contributed by atoms with Crippen molar-refractivity contribution >= 4 is 19.9 Å². The van der Waals surface area contributed by atoms with Gasteiger partial charge in [0.1, 0.15) is 0 Å². The largest absolute Gasteiger partial charge is 0.270 e. The van der Waals surface area contributed by atoms with E-state index in [0.717, 1.165) is 0 Å². The van der Waals surface area contributed by atoms with Crippen molar-refractivity contribution in [3.05, 3.63) is 7.11 Å². The van der Waals surface area contributed by atoms with E-state index < -0.39 is 8.32 Å². The zero-order chi connectivity index (χ0) is 5.91. The predicted octanol–water partition coefficient (Wildman–Crippen LogP) is 1.78. The van der Waals surface area contributed by atoms with E-state index in [1.165, 1.54) is 0 Å². The highest BCUT2D eigenvalue weighted by Gasteiger charge is 2.23. The lowest BCUT2D eigenvalue weighted by Gasteiger charge is -2.07. The Bertz CT molecular complexity index is 49.7. The van der Waals surface area contributed by atoms with Gasteiger partial charge in [0.25, 0.3) is 8.32 Å². The van der Waals surface area contributed by atoms with Crippen LogP contribution >= 0.6 is 11.6 Å². The lowest BCUT2D eigenvalue weighted by Crippen LogP contribution is -2.30. The molecule has 0 saturated carbocycles. The third-order valence-electron chi connectivity index (χ3n) is 0.713. The Morgan fingerprint density at radius 3 is 2.14 bits per heavy atom. The molecule has 0 radical (unpaired) electrons. The molecule has 0 aliphatic carbocycles. The van der Waals surface area contributed by atoms with Gasteiger partial charge in [-0.25, -0.2) is 4.43 Å². The molecule has 0 amide bonds. The maximum atomic E-state index is 5.49. The predicted molar refractivity (Wildman–Crippen MR) is 34.6 cm³/mol. The van der Waals surface area contributed by atoms with E-state index in [-0.39, 0.29) is 0 Å². The maximum absolute atomic E-state index is 5.49. The fraction of sp³-hybridized carbons (Fsp3) is 0.750. The van der Waals surface area contributed by atoms with Gasteiger partial charge in [0.2, 0.25) is 0 Å². The summed E-state index contributed by atoms with van der Waals surface area (Å²) in [6.07, 6.45) is 0. The van der Waals surface area contributed by atoms with Crippen LogP contribution in [0.2, 0.25) is 13.1 Å². The summed E-state index contributed by atoms with van der Waals surface area (Å²) < 4.78 is 4.84. The van der Waals surface area contributed by atoms with Crippen LogP contribution in [-0.4, -0.2) is 13.8 Å². The van der Waals surface area contributed by atoms with Crippen molar-refractivity contribution in [2.24, 2.45) is 0 Å². The van der Waals surface area contributed by atoms with Gasteiger partial charge in [-0.05, 0) is 13.1 Å². The molecule has 7 heavy (non-hydrogen) atoms. The normalized spacial score (nSPS) is 11.9. The molecule has 0 heterocycles. The summed E-state index contributed by atoms with van der Waals surface area (Å²) in [6, 6.07) is 0. The lowest BCUT2D eigenvalue weighted by molar-refractivity contribution is 0.469. The van der Waals surface area contributed by atoms with Gasteiger partial charge < -0.3 is 0 Å². The van der Waals surface area contributed by atoms with Crippen molar-refractivity contribution < 1.29 is 4.43 Å². The number of hydrogen-bond donors (Lipinski definition) is 0. The molecule has 42 valence electrons. The minimum absolute atomic E-state index is 0.622. The van der Waals surface area contributed by atoms with E-state index in [9.17, 15) is 0 Å². The van der Waals surface area contributed by atoms with Crippen molar-refractivity contribution in [2.45, 2.75) is 13.1 Å². The third-order valence-corrected chi connectivity index (χ3v) is 4.07. The molecule has 0 fully saturated rings. The highest BCUT2D eigenvalue weighted by Crippen LogP contribution is 2.03. The van der Waals surface area contributed by atoms with Crippen LogP contribution < -0.4 is 0 Å². The minimum Gasteiger partial charge on any atom is -0.248 e. The van der Waals surface area contributed by atoms with Crippen LogP contribution in [0.3, 0.4) is 0 Å². The second-order valence-corrected chi connectivity index (χ2v) is 6.91. The van der Waals surface area contributed by atoms with Gasteiger partial charge in [-0.3, -0.25) is 0 Å². The molecule has 0 bridgehead atoms. The number of halogens is 1. The fourth-order valence-corrected chi connectivity index (χ4v) is 0.347. The third kappa shape index (κ3) is 2.97. The van der Waals surface area contributed by atoms with Crippen molar-refractivity contribution in [3.8, 4) is 0 Å². The Hall–Kier alpha value is 0.337. The number of rotatable bonds is 2. The van der Waals surface area contributed by atoms with Gasteiger partial charge >= 0.3 is 0 Å². The monoisotopic (exact) mass is 137 g/mol. The second-order valence-electron chi connectivity index (χ2n) is 2.04. The van der Waals surface area contributed by atoms with Crippen LogP contribution in [0.5, 0.6) is 0 Å². The molecule has 0 atom stereocenters. The first-order chi connectivity index (χ1) is 3.12. The minimum atomic E-state index is -1.50.